The van der Waals surface area contributed by atoms with Crippen LogP contribution in [0.15, 0.2) is 18.2 Å². The summed E-state index contributed by atoms with van der Waals surface area (Å²) in [6.07, 6.45) is 4.17. The number of benzene rings is 1. The third-order valence-electron chi connectivity index (χ3n) is 4.96. The van der Waals surface area contributed by atoms with Crippen molar-refractivity contribution < 1.29 is 14.4 Å². The Morgan fingerprint density at radius 3 is 2.59 bits per heavy atom. The van der Waals surface area contributed by atoms with Crippen molar-refractivity contribution in [1.29, 1.82) is 0 Å². The SMILES string of the molecule is CCN(CC)CCCCOc1ccc2c(c1)CCCN2OC(=O)C(C)(C)C. The molecule has 1 aliphatic rings. The largest absolute Gasteiger partial charge is 0.494 e. The smallest absolute Gasteiger partial charge is 0.337 e. The topological polar surface area (TPSA) is 42.0 Å². The zero-order valence-corrected chi connectivity index (χ0v) is 17.7. The number of hydrogen-bond donors (Lipinski definition) is 0. The van der Waals surface area contributed by atoms with E-state index in [0.717, 1.165) is 69.9 Å². The predicted molar refractivity (Wildman–Crippen MR) is 110 cm³/mol. The molecule has 0 bridgehead atoms. The van der Waals surface area contributed by atoms with Crippen LogP contribution in [0.3, 0.4) is 0 Å². The molecule has 0 saturated heterocycles. The maximum absolute atomic E-state index is 12.2. The van der Waals surface area contributed by atoms with Crippen LogP contribution in [0.2, 0.25) is 0 Å². The second kappa shape index (κ2) is 9.98. The quantitative estimate of drug-likeness (QED) is 0.596. The Balaban J connectivity index is 1.87. The zero-order valence-electron chi connectivity index (χ0n) is 17.7. The number of hydroxylamine groups is 1. The minimum absolute atomic E-state index is 0.205. The molecule has 5 heteroatoms. The van der Waals surface area contributed by atoms with Crippen molar-refractivity contribution in [1.82, 2.24) is 4.90 Å². The molecule has 0 unspecified atom stereocenters. The van der Waals surface area contributed by atoms with E-state index in [-0.39, 0.29) is 5.97 Å². The summed E-state index contributed by atoms with van der Waals surface area (Å²) < 4.78 is 5.95. The van der Waals surface area contributed by atoms with Gasteiger partial charge in [0.25, 0.3) is 0 Å². The van der Waals surface area contributed by atoms with Crippen LogP contribution >= 0.6 is 0 Å². The Hall–Kier alpha value is -1.75. The van der Waals surface area contributed by atoms with Gasteiger partial charge in [0, 0.05) is 0 Å². The number of anilines is 1. The first-order valence-corrected chi connectivity index (χ1v) is 10.3. The first-order valence-electron chi connectivity index (χ1n) is 10.3. The van der Waals surface area contributed by atoms with E-state index in [1.54, 1.807) is 5.06 Å². The van der Waals surface area contributed by atoms with Crippen molar-refractivity contribution in [2.24, 2.45) is 5.41 Å². The minimum Gasteiger partial charge on any atom is -0.494 e. The van der Waals surface area contributed by atoms with Gasteiger partial charge in [-0.1, -0.05) is 13.8 Å². The van der Waals surface area contributed by atoms with Gasteiger partial charge in [-0.05, 0) is 89.9 Å². The summed E-state index contributed by atoms with van der Waals surface area (Å²) in [5.41, 5.74) is 1.66. The third-order valence-corrected chi connectivity index (χ3v) is 4.96. The van der Waals surface area contributed by atoms with Crippen molar-refractivity contribution in [2.45, 2.75) is 60.3 Å². The van der Waals surface area contributed by atoms with Crippen molar-refractivity contribution in [2.75, 3.05) is 37.8 Å². The van der Waals surface area contributed by atoms with Gasteiger partial charge in [0.15, 0.2) is 0 Å². The van der Waals surface area contributed by atoms with E-state index in [4.69, 9.17) is 9.57 Å². The number of fused-ring (bicyclic) bond motifs is 1. The average Bonchev–Trinajstić information content (AvgIpc) is 2.64. The number of rotatable bonds is 9. The summed E-state index contributed by atoms with van der Waals surface area (Å²) in [7, 11) is 0. The molecule has 0 N–H and O–H groups in total. The summed E-state index contributed by atoms with van der Waals surface area (Å²) in [5, 5.41) is 1.74. The Kier molecular flexibility index (Phi) is 7.96. The van der Waals surface area contributed by atoms with Gasteiger partial charge in [-0.3, -0.25) is 0 Å². The normalized spacial score (nSPS) is 14.2. The van der Waals surface area contributed by atoms with Crippen LogP contribution in [-0.2, 0) is 16.1 Å². The Morgan fingerprint density at radius 2 is 1.93 bits per heavy atom. The molecule has 152 valence electrons. The molecule has 2 rings (SSSR count). The van der Waals surface area contributed by atoms with Crippen molar-refractivity contribution in [3.05, 3.63) is 23.8 Å². The Labute approximate surface area is 164 Å². The van der Waals surface area contributed by atoms with Crippen LogP contribution in [0.1, 0.15) is 59.4 Å². The van der Waals surface area contributed by atoms with Crippen LogP contribution < -0.4 is 9.80 Å². The summed E-state index contributed by atoms with van der Waals surface area (Å²) >= 11 is 0. The molecule has 0 amide bonds. The molecule has 0 fully saturated rings. The van der Waals surface area contributed by atoms with Crippen LogP contribution in [0.5, 0.6) is 5.75 Å². The highest BCUT2D eigenvalue weighted by atomic mass is 16.7. The van der Waals surface area contributed by atoms with Crippen molar-refractivity contribution in [3.63, 3.8) is 0 Å². The molecule has 0 saturated carbocycles. The highest BCUT2D eigenvalue weighted by Crippen LogP contribution is 2.32. The lowest BCUT2D eigenvalue weighted by atomic mass is 9.97. The van der Waals surface area contributed by atoms with E-state index in [9.17, 15) is 4.79 Å². The van der Waals surface area contributed by atoms with Gasteiger partial charge in [0.1, 0.15) is 5.75 Å². The maximum Gasteiger partial charge on any atom is 0.337 e. The number of unbranched alkanes of at least 4 members (excludes halogenated alkanes) is 1. The minimum atomic E-state index is -0.508. The highest BCUT2D eigenvalue weighted by molar-refractivity contribution is 5.77. The number of ether oxygens (including phenoxy) is 1. The molecule has 0 atom stereocenters. The van der Waals surface area contributed by atoms with Crippen LogP contribution in [0.4, 0.5) is 5.69 Å². The molecule has 27 heavy (non-hydrogen) atoms. The average molecular weight is 377 g/mol. The molecular weight excluding hydrogens is 340 g/mol. The summed E-state index contributed by atoms with van der Waals surface area (Å²) in [6, 6.07) is 6.08. The standard InChI is InChI=1S/C22H36N2O3/c1-6-23(7-2)14-8-9-16-26-19-12-13-20-18(17-19)11-10-15-24(20)27-21(25)22(3,4)5/h12-13,17H,6-11,14-16H2,1-5H3. The molecule has 0 aromatic heterocycles. The predicted octanol–water partition coefficient (Wildman–Crippen LogP) is 4.44. The number of carbonyl (C=O) groups is 1. The van der Waals surface area contributed by atoms with Gasteiger partial charge in [0.05, 0.1) is 24.3 Å². The van der Waals surface area contributed by atoms with Gasteiger partial charge in [-0.2, -0.15) is 0 Å². The number of nitrogens with zero attached hydrogens (tertiary/aromatic N) is 2. The van der Waals surface area contributed by atoms with E-state index < -0.39 is 5.41 Å². The van der Waals surface area contributed by atoms with Crippen LogP contribution in [0.25, 0.3) is 0 Å². The highest BCUT2D eigenvalue weighted by Gasteiger charge is 2.28. The summed E-state index contributed by atoms with van der Waals surface area (Å²) in [4.78, 5) is 20.3. The Bertz CT molecular complexity index is 606. The third kappa shape index (κ3) is 6.42. The lowest BCUT2D eigenvalue weighted by Gasteiger charge is -2.31. The molecule has 0 aliphatic carbocycles. The van der Waals surface area contributed by atoms with Crippen LogP contribution in [-0.4, -0.2) is 43.7 Å². The van der Waals surface area contributed by atoms with Gasteiger partial charge in [-0.15, -0.1) is 0 Å². The fourth-order valence-electron chi connectivity index (χ4n) is 3.13. The first-order chi connectivity index (χ1) is 12.8. The molecule has 0 radical (unpaired) electrons. The molecule has 1 aromatic rings. The van der Waals surface area contributed by atoms with Gasteiger partial charge in [-0.25, -0.2) is 9.86 Å². The number of carbonyl (C=O) groups excluding carboxylic acids is 1. The summed E-state index contributed by atoms with van der Waals surface area (Å²) in [6.45, 7) is 14.9. The number of hydrogen-bond acceptors (Lipinski definition) is 5. The molecule has 1 heterocycles. The molecule has 1 aliphatic heterocycles. The lowest BCUT2D eigenvalue weighted by molar-refractivity contribution is -0.154. The second-order valence-electron chi connectivity index (χ2n) is 8.21. The van der Waals surface area contributed by atoms with Crippen molar-refractivity contribution in [3.8, 4) is 5.75 Å². The van der Waals surface area contributed by atoms with Crippen molar-refractivity contribution >= 4 is 11.7 Å². The van der Waals surface area contributed by atoms with E-state index >= 15 is 0 Å². The first kappa shape index (κ1) is 21.5. The molecular formula is C22H36N2O3. The van der Waals surface area contributed by atoms with Gasteiger partial charge < -0.3 is 14.5 Å². The number of aryl methyl sites for hydroxylation is 1. The molecule has 1 aromatic carbocycles. The van der Waals surface area contributed by atoms with E-state index in [2.05, 4.69) is 24.8 Å². The van der Waals surface area contributed by atoms with E-state index in [0.29, 0.717) is 0 Å². The summed E-state index contributed by atoms with van der Waals surface area (Å²) in [5.74, 6) is 0.699. The van der Waals surface area contributed by atoms with E-state index in [1.807, 2.05) is 32.9 Å². The zero-order chi connectivity index (χ0) is 19.9. The molecule has 0 spiro atoms. The van der Waals surface area contributed by atoms with Gasteiger partial charge in [0.2, 0.25) is 0 Å². The Morgan fingerprint density at radius 1 is 1.19 bits per heavy atom. The van der Waals surface area contributed by atoms with E-state index in [1.165, 1.54) is 5.56 Å². The molecule has 5 nitrogen and oxygen atoms in total. The van der Waals surface area contributed by atoms with Crippen LogP contribution in [0, 0.1) is 5.41 Å². The second-order valence-corrected chi connectivity index (χ2v) is 8.21. The fourth-order valence-corrected chi connectivity index (χ4v) is 3.13. The fraction of sp³-hybridized carbons (Fsp3) is 0.682. The lowest BCUT2D eigenvalue weighted by Crippen LogP contribution is -2.36. The maximum atomic E-state index is 12.2. The monoisotopic (exact) mass is 376 g/mol. The van der Waals surface area contributed by atoms with Gasteiger partial charge >= 0.3 is 5.97 Å².